The fraction of sp³-hybridized carbons (Fsp3) is 0.233. The van der Waals surface area contributed by atoms with E-state index in [1.807, 2.05) is 4.90 Å². The van der Waals surface area contributed by atoms with E-state index >= 15 is 0 Å². The minimum Gasteiger partial charge on any atom is -0.454 e. The molecule has 1 atom stereocenters. The van der Waals surface area contributed by atoms with Crippen LogP contribution in [0.15, 0.2) is 72.9 Å². The first-order chi connectivity index (χ1) is 20.7. The molecule has 0 radical (unpaired) electrons. The van der Waals surface area contributed by atoms with Crippen molar-refractivity contribution in [1.82, 2.24) is 14.9 Å². The van der Waals surface area contributed by atoms with Crippen LogP contribution in [0.3, 0.4) is 0 Å². The van der Waals surface area contributed by atoms with Gasteiger partial charge in [-0.2, -0.15) is 13.2 Å². The first kappa shape index (κ1) is 28.1. The van der Waals surface area contributed by atoms with Crippen LogP contribution in [0.5, 0.6) is 11.5 Å². The zero-order valence-electron chi connectivity index (χ0n) is 22.6. The number of benzene rings is 2. The van der Waals surface area contributed by atoms with Crippen LogP contribution in [0.1, 0.15) is 27.7 Å². The second-order valence-electron chi connectivity index (χ2n) is 10.0. The molecule has 0 aliphatic carbocycles. The van der Waals surface area contributed by atoms with Gasteiger partial charge in [-0.3, -0.25) is 9.59 Å². The van der Waals surface area contributed by atoms with Gasteiger partial charge in [-0.15, -0.1) is 0 Å². The molecule has 1 fully saturated rings. The Hall–Kier alpha value is -5.04. The highest BCUT2D eigenvalue weighted by atomic mass is 19.4. The number of pyridine rings is 1. The summed E-state index contributed by atoms with van der Waals surface area (Å²) in [5, 5.41) is 13.1. The van der Waals surface area contributed by atoms with Crippen molar-refractivity contribution in [2.24, 2.45) is 0 Å². The second-order valence-corrected chi connectivity index (χ2v) is 10.0. The van der Waals surface area contributed by atoms with E-state index in [0.29, 0.717) is 54.6 Å². The van der Waals surface area contributed by atoms with Crippen molar-refractivity contribution in [2.45, 2.75) is 12.3 Å². The number of aliphatic hydroxyl groups excluding tert-OH is 1. The van der Waals surface area contributed by atoms with E-state index < -0.39 is 35.4 Å². The number of aromatic nitrogens is 2. The van der Waals surface area contributed by atoms with Crippen LogP contribution < -0.4 is 19.7 Å². The molecular formula is C30H26F3N5O5. The lowest BCUT2D eigenvalue weighted by atomic mass is 10.1. The Bertz CT molecular complexity index is 1630. The van der Waals surface area contributed by atoms with E-state index in [1.54, 1.807) is 65.6 Å². The summed E-state index contributed by atoms with van der Waals surface area (Å²) >= 11 is 0. The van der Waals surface area contributed by atoms with Gasteiger partial charge in [0.25, 0.3) is 11.8 Å². The maximum Gasteiger partial charge on any atom is 0.418 e. The van der Waals surface area contributed by atoms with Crippen LogP contribution in [-0.4, -0.2) is 64.8 Å². The largest absolute Gasteiger partial charge is 0.454 e. The number of ether oxygens (including phenoxy) is 2. The normalized spacial score (nSPS) is 15.3. The van der Waals surface area contributed by atoms with Crippen molar-refractivity contribution in [3.05, 3.63) is 89.7 Å². The topological polar surface area (TPSA) is 120 Å². The van der Waals surface area contributed by atoms with E-state index in [-0.39, 0.29) is 18.2 Å². The van der Waals surface area contributed by atoms with Crippen LogP contribution in [0.4, 0.5) is 24.7 Å². The second kappa shape index (κ2) is 11.3. The van der Waals surface area contributed by atoms with Gasteiger partial charge in [0, 0.05) is 31.9 Å². The Morgan fingerprint density at radius 3 is 2.40 bits per heavy atom. The molecule has 3 N–H and O–H groups in total. The molecule has 4 aromatic rings. The zero-order chi connectivity index (χ0) is 30.1. The van der Waals surface area contributed by atoms with Crippen molar-refractivity contribution in [3.8, 4) is 22.8 Å². The van der Waals surface area contributed by atoms with Gasteiger partial charge in [-0.25, -0.2) is 4.98 Å². The van der Waals surface area contributed by atoms with Crippen molar-refractivity contribution in [3.63, 3.8) is 0 Å². The molecule has 2 amide bonds. The summed E-state index contributed by atoms with van der Waals surface area (Å²) in [6.45, 7) is 1.66. The average Bonchev–Trinajstić information content (AvgIpc) is 3.69. The highest BCUT2D eigenvalue weighted by Crippen LogP contribution is 2.36. The highest BCUT2D eigenvalue weighted by Gasteiger charge is 2.37. The van der Waals surface area contributed by atoms with Crippen LogP contribution in [0.25, 0.3) is 11.3 Å². The quantitative estimate of drug-likeness (QED) is 0.302. The molecule has 0 bridgehead atoms. The first-order valence-corrected chi connectivity index (χ1v) is 13.4. The predicted octanol–water partition coefficient (Wildman–Crippen LogP) is 4.46. The molecule has 2 aromatic heterocycles. The Morgan fingerprint density at radius 1 is 0.953 bits per heavy atom. The Morgan fingerprint density at radius 2 is 1.70 bits per heavy atom. The number of nitrogens with one attached hydrogen (secondary N) is 2. The number of piperazine rings is 1. The summed E-state index contributed by atoms with van der Waals surface area (Å²) in [6, 6.07) is 17.4. The van der Waals surface area contributed by atoms with Crippen molar-refractivity contribution < 1.29 is 37.3 Å². The minimum atomic E-state index is -4.73. The van der Waals surface area contributed by atoms with E-state index in [0.717, 1.165) is 6.07 Å². The smallest absolute Gasteiger partial charge is 0.418 e. The number of H-pyrrole nitrogens is 1. The van der Waals surface area contributed by atoms with E-state index in [9.17, 15) is 27.9 Å². The van der Waals surface area contributed by atoms with Gasteiger partial charge in [0.15, 0.2) is 17.6 Å². The maximum atomic E-state index is 13.7. The Kier molecular flexibility index (Phi) is 7.40. The van der Waals surface area contributed by atoms with Gasteiger partial charge in [-0.05, 0) is 41.5 Å². The molecule has 13 heteroatoms. The average molecular weight is 594 g/mol. The number of hydrogen-bond acceptors (Lipinski definition) is 7. The van der Waals surface area contributed by atoms with Gasteiger partial charge in [-0.1, -0.05) is 36.4 Å². The number of nitrogens with zero attached hydrogens (tertiary/aromatic N) is 3. The molecule has 222 valence electrons. The number of carbonyl (C=O) groups is 2. The summed E-state index contributed by atoms with van der Waals surface area (Å²) in [6.07, 6.45) is -4.71. The monoisotopic (exact) mass is 593 g/mol. The number of alkyl halides is 3. The summed E-state index contributed by atoms with van der Waals surface area (Å²) in [4.78, 5) is 36.3. The number of rotatable bonds is 6. The summed E-state index contributed by atoms with van der Waals surface area (Å²) in [5.74, 6) is 0.233. The standard InChI is InChI=1S/C30H26F3N5O5/c31-30(32,33)21-15-22(18-4-2-1-3-5-18)36-26(21)28(40)35-20-7-9-25(34-16-20)37-10-12-38(13-11-37)29(41)27(39)19-6-8-23-24(14-19)43-17-42-23/h1-9,14-16,27,36,39H,10-13,17H2,(H,35,40). The summed E-state index contributed by atoms with van der Waals surface area (Å²) in [7, 11) is 0. The maximum absolute atomic E-state index is 13.7. The molecule has 1 unspecified atom stereocenters. The molecule has 2 aromatic carbocycles. The van der Waals surface area contributed by atoms with Crippen molar-refractivity contribution in [1.29, 1.82) is 0 Å². The van der Waals surface area contributed by atoms with Crippen molar-refractivity contribution >= 4 is 23.3 Å². The first-order valence-electron chi connectivity index (χ1n) is 13.4. The fourth-order valence-electron chi connectivity index (χ4n) is 5.03. The van der Waals surface area contributed by atoms with Gasteiger partial charge in [0.1, 0.15) is 11.5 Å². The fourth-order valence-corrected chi connectivity index (χ4v) is 5.03. The SMILES string of the molecule is O=C(Nc1ccc(N2CCN(C(=O)C(O)c3ccc4c(c3)OCO4)CC2)nc1)c1[nH]c(-c2ccccc2)cc1C(F)(F)F. The third-order valence-corrected chi connectivity index (χ3v) is 7.30. The molecule has 2 aliphatic rings. The highest BCUT2D eigenvalue weighted by molar-refractivity contribution is 6.04. The molecule has 4 heterocycles. The van der Waals surface area contributed by atoms with Crippen molar-refractivity contribution in [2.75, 3.05) is 43.2 Å². The molecule has 0 saturated carbocycles. The molecule has 10 nitrogen and oxygen atoms in total. The van der Waals surface area contributed by atoms with Crippen LogP contribution in [-0.2, 0) is 11.0 Å². The van der Waals surface area contributed by atoms with Crippen LogP contribution in [0.2, 0.25) is 0 Å². The molecular weight excluding hydrogens is 567 g/mol. The molecule has 43 heavy (non-hydrogen) atoms. The van der Waals surface area contributed by atoms with Gasteiger partial charge in [0.2, 0.25) is 6.79 Å². The van der Waals surface area contributed by atoms with Gasteiger partial charge < -0.3 is 34.7 Å². The summed E-state index contributed by atoms with van der Waals surface area (Å²) < 4.78 is 51.8. The van der Waals surface area contributed by atoms with Gasteiger partial charge in [0.05, 0.1) is 17.4 Å². The zero-order valence-corrected chi connectivity index (χ0v) is 22.6. The molecule has 2 aliphatic heterocycles. The Labute approximate surface area is 243 Å². The lowest BCUT2D eigenvalue weighted by Gasteiger charge is -2.36. The number of aromatic amines is 1. The number of amides is 2. The Balaban J connectivity index is 1.07. The molecule has 1 saturated heterocycles. The van der Waals surface area contributed by atoms with Crippen LogP contribution >= 0.6 is 0 Å². The van der Waals surface area contributed by atoms with Gasteiger partial charge >= 0.3 is 6.18 Å². The lowest BCUT2D eigenvalue weighted by Crippen LogP contribution is -2.50. The third-order valence-electron chi connectivity index (χ3n) is 7.30. The molecule has 6 rings (SSSR count). The number of halogens is 3. The predicted molar refractivity (Wildman–Crippen MR) is 150 cm³/mol. The minimum absolute atomic E-state index is 0.0908. The third kappa shape index (κ3) is 5.84. The number of carbonyl (C=O) groups excluding carboxylic acids is 2. The lowest BCUT2D eigenvalue weighted by molar-refractivity contribution is -0.141. The van der Waals surface area contributed by atoms with E-state index in [2.05, 4.69) is 15.3 Å². The van der Waals surface area contributed by atoms with E-state index in [4.69, 9.17) is 9.47 Å². The van der Waals surface area contributed by atoms with E-state index in [1.165, 1.54) is 6.20 Å². The number of hydrogen-bond donors (Lipinski definition) is 3. The molecule has 0 spiro atoms. The number of aliphatic hydroxyl groups is 1. The number of fused-ring (bicyclic) bond motifs is 1. The van der Waals surface area contributed by atoms with Crippen LogP contribution in [0, 0.1) is 0 Å². The number of anilines is 2. The summed E-state index contributed by atoms with van der Waals surface area (Å²) in [5.41, 5.74) is -0.342.